The second kappa shape index (κ2) is 7.10. The first kappa shape index (κ1) is 16.5. The van der Waals surface area contributed by atoms with Gasteiger partial charge in [-0.05, 0) is 31.0 Å². The van der Waals surface area contributed by atoms with Crippen molar-refractivity contribution in [3.63, 3.8) is 0 Å². The van der Waals surface area contributed by atoms with Crippen LogP contribution < -0.4 is 4.90 Å². The van der Waals surface area contributed by atoms with E-state index in [1.54, 1.807) is 17.7 Å². The lowest BCUT2D eigenvalue weighted by Gasteiger charge is -2.37. The van der Waals surface area contributed by atoms with E-state index in [0.29, 0.717) is 6.04 Å². The van der Waals surface area contributed by atoms with Gasteiger partial charge in [-0.25, -0.2) is 9.97 Å². The number of rotatable bonds is 4. The summed E-state index contributed by atoms with van der Waals surface area (Å²) < 4.78 is 0. The van der Waals surface area contributed by atoms with Crippen LogP contribution >= 0.6 is 11.3 Å². The molecular formula is C20H24N4S. The molecule has 0 aliphatic carbocycles. The van der Waals surface area contributed by atoms with Gasteiger partial charge in [0.1, 0.15) is 17.0 Å². The quantitative estimate of drug-likeness (QED) is 0.701. The van der Waals surface area contributed by atoms with Crippen molar-refractivity contribution in [1.82, 2.24) is 14.9 Å². The number of hydrogen-bond acceptors (Lipinski definition) is 5. The molecule has 1 aromatic carbocycles. The molecule has 5 heteroatoms. The Morgan fingerprint density at radius 3 is 2.64 bits per heavy atom. The monoisotopic (exact) mass is 352 g/mol. The fourth-order valence-electron chi connectivity index (χ4n) is 3.66. The van der Waals surface area contributed by atoms with Crippen molar-refractivity contribution >= 4 is 27.4 Å². The van der Waals surface area contributed by atoms with E-state index in [9.17, 15) is 0 Å². The highest BCUT2D eigenvalue weighted by atomic mass is 32.1. The Balaban J connectivity index is 1.64. The standard InChI is InChI=1S/C20H24N4S/c1-3-24-11-9-16(10-12-24)23(2)19-17-13-18(15-7-5-4-6-8-15)25-20(17)22-14-21-19/h4-8,13-14,16H,3,9-12H2,1-2H3. The molecule has 0 amide bonds. The first-order valence-corrected chi connectivity index (χ1v) is 9.83. The molecule has 4 nitrogen and oxygen atoms in total. The molecule has 3 heterocycles. The summed E-state index contributed by atoms with van der Waals surface area (Å²) in [4.78, 5) is 16.4. The van der Waals surface area contributed by atoms with E-state index in [1.165, 1.54) is 41.8 Å². The number of anilines is 1. The second-order valence-electron chi connectivity index (χ2n) is 6.67. The summed E-state index contributed by atoms with van der Waals surface area (Å²) in [5, 5.41) is 1.17. The molecular weight excluding hydrogens is 328 g/mol. The molecule has 2 aromatic heterocycles. The van der Waals surface area contributed by atoms with Gasteiger partial charge in [0.05, 0.1) is 5.39 Å². The van der Waals surface area contributed by atoms with E-state index in [2.05, 4.69) is 70.1 Å². The van der Waals surface area contributed by atoms with Gasteiger partial charge >= 0.3 is 0 Å². The summed E-state index contributed by atoms with van der Waals surface area (Å²) in [6, 6.07) is 13.3. The third-order valence-corrected chi connectivity index (χ3v) is 6.34. The minimum Gasteiger partial charge on any atom is -0.356 e. The predicted molar refractivity (Wildman–Crippen MR) is 106 cm³/mol. The molecule has 1 aliphatic heterocycles. The van der Waals surface area contributed by atoms with Crippen LogP contribution in [-0.2, 0) is 0 Å². The van der Waals surface area contributed by atoms with Crippen LogP contribution in [0.25, 0.3) is 20.7 Å². The molecule has 0 unspecified atom stereocenters. The number of thiophene rings is 1. The topological polar surface area (TPSA) is 32.3 Å². The Morgan fingerprint density at radius 1 is 1.16 bits per heavy atom. The normalized spacial score (nSPS) is 16.4. The Hall–Kier alpha value is -1.98. The van der Waals surface area contributed by atoms with E-state index >= 15 is 0 Å². The number of hydrogen-bond donors (Lipinski definition) is 0. The summed E-state index contributed by atoms with van der Waals surface area (Å²) in [6.45, 7) is 5.75. The summed E-state index contributed by atoms with van der Waals surface area (Å²) in [5.74, 6) is 1.07. The average Bonchev–Trinajstić information content (AvgIpc) is 3.12. The van der Waals surface area contributed by atoms with E-state index in [1.807, 2.05) is 0 Å². The highest BCUT2D eigenvalue weighted by molar-refractivity contribution is 7.21. The van der Waals surface area contributed by atoms with Gasteiger partial charge in [-0.1, -0.05) is 37.3 Å². The zero-order chi connectivity index (χ0) is 17.2. The van der Waals surface area contributed by atoms with E-state index in [-0.39, 0.29) is 0 Å². The van der Waals surface area contributed by atoms with Gasteiger partial charge in [-0.15, -0.1) is 11.3 Å². The third kappa shape index (κ3) is 3.26. The van der Waals surface area contributed by atoms with Crippen LogP contribution in [0.15, 0.2) is 42.7 Å². The van der Waals surface area contributed by atoms with Gasteiger partial charge in [0, 0.05) is 31.1 Å². The number of fused-ring (bicyclic) bond motifs is 1. The maximum atomic E-state index is 4.64. The molecule has 0 saturated carbocycles. The first-order chi connectivity index (χ1) is 12.3. The van der Waals surface area contributed by atoms with Crippen molar-refractivity contribution < 1.29 is 0 Å². The molecule has 0 bridgehead atoms. The lowest BCUT2D eigenvalue weighted by Crippen LogP contribution is -2.43. The molecule has 0 N–H and O–H groups in total. The van der Waals surface area contributed by atoms with Crippen LogP contribution in [0.5, 0.6) is 0 Å². The smallest absolute Gasteiger partial charge is 0.140 e. The summed E-state index contributed by atoms with van der Waals surface area (Å²) in [7, 11) is 2.19. The number of benzene rings is 1. The molecule has 25 heavy (non-hydrogen) atoms. The van der Waals surface area contributed by atoms with Gasteiger partial charge in [-0.3, -0.25) is 0 Å². The van der Waals surface area contributed by atoms with Crippen molar-refractivity contribution in [2.24, 2.45) is 0 Å². The molecule has 1 saturated heterocycles. The molecule has 4 rings (SSSR count). The molecule has 0 radical (unpaired) electrons. The Bertz CT molecular complexity index is 837. The summed E-state index contributed by atoms with van der Waals surface area (Å²) in [6.07, 6.45) is 4.11. The Kier molecular flexibility index (Phi) is 4.68. The molecule has 3 aromatic rings. The van der Waals surface area contributed by atoms with Crippen molar-refractivity contribution in [2.75, 3.05) is 31.6 Å². The molecule has 1 aliphatic rings. The number of aromatic nitrogens is 2. The van der Waals surface area contributed by atoms with Crippen LogP contribution in [0, 0.1) is 0 Å². The largest absolute Gasteiger partial charge is 0.356 e. The number of piperidine rings is 1. The Morgan fingerprint density at radius 2 is 1.92 bits per heavy atom. The van der Waals surface area contributed by atoms with Crippen LogP contribution in [0.2, 0.25) is 0 Å². The van der Waals surface area contributed by atoms with Crippen molar-refractivity contribution in [2.45, 2.75) is 25.8 Å². The SMILES string of the molecule is CCN1CCC(N(C)c2ncnc3sc(-c4ccccc4)cc23)CC1. The van der Waals surface area contributed by atoms with Crippen LogP contribution in [0.1, 0.15) is 19.8 Å². The van der Waals surface area contributed by atoms with Gasteiger partial charge in [-0.2, -0.15) is 0 Å². The number of nitrogens with zero attached hydrogens (tertiary/aromatic N) is 4. The van der Waals surface area contributed by atoms with E-state index in [0.717, 1.165) is 17.2 Å². The van der Waals surface area contributed by atoms with Crippen LogP contribution in [-0.4, -0.2) is 47.6 Å². The van der Waals surface area contributed by atoms with Crippen molar-refractivity contribution in [1.29, 1.82) is 0 Å². The van der Waals surface area contributed by atoms with E-state index in [4.69, 9.17) is 0 Å². The average molecular weight is 353 g/mol. The zero-order valence-corrected chi connectivity index (χ0v) is 15.7. The second-order valence-corrected chi connectivity index (χ2v) is 7.70. The maximum absolute atomic E-state index is 4.64. The lowest BCUT2D eigenvalue weighted by molar-refractivity contribution is 0.220. The molecule has 0 atom stereocenters. The van der Waals surface area contributed by atoms with Gasteiger partial charge in [0.2, 0.25) is 0 Å². The molecule has 130 valence electrons. The van der Waals surface area contributed by atoms with Crippen molar-refractivity contribution in [3.8, 4) is 10.4 Å². The zero-order valence-electron chi connectivity index (χ0n) is 14.9. The van der Waals surface area contributed by atoms with Gasteiger partial charge < -0.3 is 9.80 Å². The van der Waals surface area contributed by atoms with Gasteiger partial charge in [0.15, 0.2) is 0 Å². The van der Waals surface area contributed by atoms with E-state index < -0.39 is 0 Å². The highest BCUT2D eigenvalue weighted by Gasteiger charge is 2.24. The summed E-state index contributed by atoms with van der Waals surface area (Å²) >= 11 is 1.75. The fraction of sp³-hybridized carbons (Fsp3) is 0.400. The Labute approximate surface area is 153 Å². The van der Waals surface area contributed by atoms with Gasteiger partial charge in [0.25, 0.3) is 0 Å². The van der Waals surface area contributed by atoms with Crippen molar-refractivity contribution in [3.05, 3.63) is 42.7 Å². The third-order valence-electron chi connectivity index (χ3n) is 5.25. The molecule has 1 fully saturated rings. The fourth-order valence-corrected chi connectivity index (χ4v) is 4.66. The predicted octanol–water partition coefficient (Wildman–Crippen LogP) is 4.28. The summed E-state index contributed by atoms with van der Waals surface area (Å²) in [5.41, 5.74) is 1.25. The minimum atomic E-state index is 0.556. The van der Waals surface area contributed by atoms with Crippen LogP contribution in [0.4, 0.5) is 5.82 Å². The highest BCUT2D eigenvalue weighted by Crippen LogP contribution is 2.36. The van der Waals surface area contributed by atoms with Crippen LogP contribution in [0.3, 0.4) is 0 Å². The number of likely N-dealkylation sites (tertiary alicyclic amines) is 1. The molecule has 0 spiro atoms. The maximum Gasteiger partial charge on any atom is 0.140 e. The first-order valence-electron chi connectivity index (χ1n) is 9.01. The lowest BCUT2D eigenvalue weighted by atomic mass is 10.0. The minimum absolute atomic E-state index is 0.556.